The van der Waals surface area contributed by atoms with E-state index in [-0.39, 0.29) is 38.1 Å². The number of nitrogens with zero attached hydrogens (tertiary/aromatic N) is 3. The van der Waals surface area contributed by atoms with E-state index in [9.17, 15) is 14.4 Å². The summed E-state index contributed by atoms with van der Waals surface area (Å²) in [5, 5.41) is 0. The second kappa shape index (κ2) is 12.4. The Morgan fingerprint density at radius 1 is 1.00 bits per heavy atom. The van der Waals surface area contributed by atoms with Gasteiger partial charge in [0.05, 0.1) is 29.8 Å². The lowest BCUT2D eigenvalue weighted by molar-refractivity contribution is 0.0425. The molecule has 3 rings (SSSR count). The summed E-state index contributed by atoms with van der Waals surface area (Å²) in [5.74, 6) is -0.544. The molecule has 0 saturated carbocycles. The van der Waals surface area contributed by atoms with E-state index in [0.29, 0.717) is 33.2 Å². The minimum absolute atomic E-state index is 0.0152. The number of aromatic nitrogens is 2. The average Bonchev–Trinajstić information content (AvgIpc) is 3.37. The molecule has 3 heterocycles. The van der Waals surface area contributed by atoms with Crippen LogP contribution in [0.2, 0.25) is 25.7 Å². The molecule has 41 heavy (non-hydrogen) atoms. The molecule has 2 aromatic rings. The summed E-state index contributed by atoms with van der Waals surface area (Å²) in [6.07, 6.45) is -1.88. The van der Waals surface area contributed by atoms with Crippen molar-refractivity contribution in [3.63, 3.8) is 0 Å². The summed E-state index contributed by atoms with van der Waals surface area (Å²) >= 11 is 3.55. The molecular formula is C28H42BrN3O8Si. The molecule has 11 nitrogen and oxygen atoms in total. The van der Waals surface area contributed by atoms with Crippen LogP contribution in [0.4, 0.5) is 15.4 Å². The summed E-state index contributed by atoms with van der Waals surface area (Å²) < 4.78 is 30.5. The number of hydrogen-bond donors (Lipinski definition) is 0. The molecule has 13 heteroatoms. The van der Waals surface area contributed by atoms with Crippen molar-refractivity contribution in [2.75, 3.05) is 18.1 Å². The molecule has 0 radical (unpaired) electrons. The van der Waals surface area contributed by atoms with Gasteiger partial charge in [-0.05, 0) is 70.4 Å². The van der Waals surface area contributed by atoms with Crippen LogP contribution in [0.5, 0.6) is 0 Å². The van der Waals surface area contributed by atoms with Crippen LogP contribution in [0.3, 0.4) is 0 Å². The molecule has 0 aromatic carbocycles. The van der Waals surface area contributed by atoms with Gasteiger partial charge in [0, 0.05) is 25.8 Å². The van der Waals surface area contributed by atoms with Crippen molar-refractivity contribution in [3.8, 4) is 0 Å². The molecule has 0 aliphatic carbocycles. The number of halogens is 1. The largest absolute Gasteiger partial charge is 0.461 e. The van der Waals surface area contributed by atoms with Gasteiger partial charge in [0.15, 0.2) is 5.82 Å². The zero-order valence-corrected chi connectivity index (χ0v) is 28.3. The lowest BCUT2D eigenvalue weighted by Gasteiger charge is -2.29. The first kappa shape index (κ1) is 33.0. The van der Waals surface area contributed by atoms with Gasteiger partial charge in [0.25, 0.3) is 0 Å². The van der Waals surface area contributed by atoms with Gasteiger partial charge in [-0.15, -0.1) is 0 Å². The number of pyridine rings is 1. The number of rotatable bonds is 8. The van der Waals surface area contributed by atoms with Crippen molar-refractivity contribution < 1.29 is 38.1 Å². The van der Waals surface area contributed by atoms with E-state index >= 15 is 0 Å². The fraction of sp³-hybridized carbons (Fsp3) is 0.643. The van der Waals surface area contributed by atoms with E-state index in [2.05, 4.69) is 35.6 Å². The molecule has 2 aromatic heterocycles. The highest BCUT2D eigenvalue weighted by Gasteiger charge is 2.39. The zero-order chi connectivity index (χ0) is 30.9. The third-order valence-corrected chi connectivity index (χ3v) is 8.32. The molecule has 0 N–H and O–H groups in total. The normalized spacial score (nSPS) is 13.7. The highest BCUT2D eigenvalue weighted by atomic mass is 79.9. The van der Waals surface area contributed by atoms with E-state index in [1.807, 2.05) is 0 Å². The molecule has 0 atom stereocenters. The Bertz CT molecular complexity index is 1290. The van der Waals surface area contributed by atoms with Crippen LogP contribution in [0.1, 0.15) is 70.1 Å². The molecule has 0 spiro atoms. The summed E-state index contributed by atoms with van der Waals surface area (Å²) in [6.45, 7) is 19.8. The van der Waals surface area contributed by atoms with Crippen LogP contribution >= 0.6 is 15.9 Å². The minimum Gasteiger partial charge on any atom is -0.461 e. The van der Waals surface area contributed by atoms with Crippen LogP contribution in [0.15, 0.2) is 4.47 Å². The van der Waals surface area contributed by atoms with Gasteiger partial charge < -0.3 is 28.3 Å². The number of ether oxygens (including phenoxy) is 5. The van der Waals surface area contributed by atoms with Crippen LogP contribution in [-0.2, 0) is 43.6 Å². The van der Waals surface area contributed by atoms with Gasteiger partial charge >= 0.3 is 18.2 Å². The van der Waals surface area contributed by atoms with Crippen LogP contribution < -0.4 is 4.90 Å². The van der Waals surface area contributed by atoms with Crippen molar-refractivity contribution in [1.82, 2.24) is 9.55 Å². The van der Waals surface area contributed by atoms with Gasteiger partial charge in [-0.25, -0.2) is 19.4 Å². The van der Waals surface area contributed by atoms with E-state index in [0.717, 1.165) is 10.9 Å². The Labute approximate surface area is 250 Å². The monoisotopic (exact) mass is 655 g/mol. The quantitative estimate of drug-likeness (QED) is 0.128. The van der Waals surface area contributed by atoms with Crippen LogP contribution in [-0.4, -0.2) is 60.2 Å². The van der Waals surface area contributed by atoms with Crippen molar-refractivity contribution in [3.05, 3.63) is 21.3 Å². The Balaban J connectivity index is 2.25. The number of carbonyl (C=O) groups is 3. The first-order chi connectivity index (χ1) is 18.8. The molecular weight excluding hydrogens is 614 g/mol. The fourth-order valence-electron chi connectivity index (χ4n) is 4.11. The minimum atomic E-state index is -1.35. The van der Waals surface area contributed by atoms with E-state index in [1.165, 1.54) is 0 Å². The zero-order valence-electron chi connectivity index (χ0n) is 25.7. The predicted molar refractivity (Wildman–Crippen MR) is 161 cm³/mol. The highest BCUT2D eigenvalue weighted by molar-refractivity contribution is 9.10. The lowest BCUT2D eigenvalue weighted by atomic mass is 10.1. The number of anilines is 1. The molecule has 0 fully saturated rings. The summed E-state index contributed by atoms with van der Waals surface area (Å²) in [5.41, 5.74) is 0.556. The molecule has 1 aliphatic heterocycles. The third kappa shape index (κ3) is 8.08. The van der Waals surface area contributed by atoms with E-state index in [4.69, 9.17) is 28.7 Å². The van der Waals surface area contributed by atoms with Gasteiger partial charge in [0.2, 0.25) is 0 Å². The molecule has 0 unspecified atom stereocenters. The first-order valence-corrected chi connectivity index (χ1v) is 18.2. The number of esters is 1. The van der Waals surface area contributed by atoms with E-state index in [1.54, 1.807) is 53.0 Å². The van der Waals surface area contributed by atoms with Crippen molar-refractivity contribution in [1.29, 1.82) is 0 Å². The average molecular weight is 657 g/mol. The third-order valence-electron chi connectivity index (χ3n) is 5.86. The van der Waals surface area contributed by atoms with Crippen molar-refractivity contribution >= 4 is 59.0 Å². The fourth-order valence-corrected chi connectivity index (χ4v) is 5.51. The second-order valence-electron chi connectivity index (χ2n) is 13.0. The summed E-state index contributed by atoms with van der Waals surface area (Å²) in [4.78, 5) is 45.6. The number of hydrogen-bond acceptors (Lipinski definition) is 9. The summed E-state index contributed by atoms with van der Waals surface area (Å²) in [6, 6.07) is 0.951. The lowest BCUT2D eigenvalue weighted by Crippen LogP contribution is -2.44. The number of imide groups is 1. The molecule has 228 valence electrons. The van der Waals surface area contributed by atoms with Crippen molar-refractivity contribution in [2.24, 2.45) is 0 Å². The molecule has 2 amide bonds. The molecule has 0 saturated heterocycles. The Hall–Kier alpha value is -2.48. The Kier molecular flexibility index (Phi) is 9.99. The maximum atomic E-state index is 13.4. The standard InChI is InChI=1S/C28H42BrN3O8Si/c1-11-38-24(33)22-19(29)20-21(31(22)16-36-12-13-41(8,9)10)17-14-37-15-18(17)23(30-20)32(25(34)39-27(2,3)4)26(35)40-28(5,6)7/h11-16H2,1-10H3. The Morgan fingerprint density at radius 3 is 2.07 bits per heavy atom. The van der Waals surface area contributed by atoms with Crippen LogP contribution in [0.25, 0.3) is 11.0 Å². The smallest absolute Gasteiger partial charge is 0.425 e. The number of amides is 2. The first-order valence-electron chi connectivity index (χ1n) is 13.7. The van der Waals surface area contributed by atoms with Crippen molar-refractivity contribution in [2.45, 2.75) is 105 Å². The highest BCUT2D eigenvalue weighted by Crippen LogP contribution is 2.41. The SMILES string of the molecule is CCOC(=O)c1c(Br)c2nc(N(C(=O)OC(C)(C)C)C(=O)OC(C)(C)C)c3c(c2n1COCC[Si](C)(C)C)COC3. The van der Waals surface area contributed by atoms with Gasteiger partial charge in [0.1, 0.15) is 29.1 Å². The topological polar surface area (TPSA) is 118 Å². The summed E-state index contributed by atoms with van der Waals surface area (Å²) in [7, 11) is -1.35. The number of fused-ring (bicyclic) bond motifs is 3. The second-order valence-corrected chi connectivity index (χ2v) is 19.5. The predicted octanol–water partition coefficient (Wildman–Crippen LogP) is 6.99. The van der Waals surface area contributed by atoms with E-state index < -0.39 is 37.4 Å². The van der Waals surface area contributed by atoms with Gasteiger partial charge in [-0.2, -0.15) is 4.90 Å². The number of carbonyl (C=O) groups excluding carboxylic acids is 3. The molecule has 1 aliphatic rings. The maximum Gasteiger partial charge on any atom is 0.425 e. The van der Waals surface area contributed by atoms with Gasteiger partial charge in [-0.3, -0.25) is 0 Å². The van der Waals surface area contributed by atoms with Gasteiger partial charge in [-0.1, -0.05) is 19.6 Å². The maximum absolute atomic E-state index is 13.4. The van der Waals surface area contributed by atoms with Crippen LogP contribution in [0, 0.1) is 0 Å². The molecule has 0 bridgehead atoms. The Morgan fingerprint density at radius 2 is 1.56 bits per heavy atom.